The van der Waals surface area contributed by atoms with Crippen molar-refractivity contribution < 1.29 is 9.50 Å². The van der Waals surface area contributed by atoms with Crippen LogP contribution in [0.3, 0.4) is 0 Å². The Labute approximate surface area is 156 Å². The van der Waals surface area contributed by atoms with Crippen molar-refractivity contribution in [2.75, 3.05) is 20.6 Å². The summed E-state index contributed by atoms with van der Waals surface area (Å²) < 4.78 is 13.7. The third-order valence-corrected chi connectivity index (χ3v) is 5.82. The van der Waals surface area contributed by atoms with Crippen LogP contribution in [0.25, 0.3) is 0 Å². The summed E-state index contributed by atoms with van der Waals surface area (Å²) in [7, 11) is 4.08. The first kappa shape index (κ1) is 19.1. The van der Waals surface area contributed by atoms with Crippen molar-refractivity contribution >= 4 is 0 Å². The fourth-order valence-corrected chi connectivity index (χ4v) is 4.43. The summed E-state index contributed by atoms with van der Waals surface area (Å²) in [5.41, 5.74) is 1.17. The molecule has 0 radical (unpaired) electrons. The first-order chi connectivity index (χ1) is 12.5. The van der Waals surface area contributed by atoms with E-state index in [2.05, 4.69) is 35.2 Å². The molecule has 3 unspecified atom stereocenters. The number of benzene rings is 2. The Kier molecular flexibility index (Phi) is 6.10. The molecule has 1 aliphatic carbocycles. The lowest BCUT2D eigenvalue weighted by Gasteiger charge is -2.44. The summed E-state index contributed by atoms with van der Waals surface area (Å²) >= 11 is 0. The Balaban J connectivity index is 1.72. The average molecular weight is 355 g/mol. The highest BCUT2D eigenvalue weighted by molar-refractivity contribution is 5.25. The topological polar surface area (TPSA) is 23.5 Å². The van der Waals surface area contributed by atoms with Gasteiger partial charge in [0.25, 0.3) is 0 Å². The summed E-state index contributed by atoms with van der Waals surface area (Å²) in [6.45, 7) is 0.814. The molecule has 1 N–H and O–H groups in total. The second-order valence-electron chi connectivity index (χ2n) is 8.06. The van der Waals surface area contributed by atoms with Gasteiger partial charge in [0, 0.05) is 12.5 Å². The maximum Gasteiger partial charge on any atom is 0.123 e. The molecular weight excluding hydrogens is 325 g/mol. The van der Waals surface area contributed by atoms with Crippen LogP contribution in [0.1, 0.15) is 36.8 Å². The van der Waals surface area contributed by atoms with Gasteiger partial charge in [-0.15, -0.1) is 0 Å². The van der Waals surface area contributed by atoms with Crippen molar-refractivity contribution in [1.29, 1.82) is 0 Å². The molecule has 0 amide bonds. The number of aryl methyl sites for hydroxylation is 1. The Bertz CT molecular complexity index is 702. The van der Waals surface area contributed by atoms with Gasteiger partial charge in [-0.25, -0.2) is 4.39 Å². The molecule has 0 spiro atoms. The first-order valence-electron chi connectivity index (χ1n) is 9.64. The highest BCUT2D eigenvalue weighted by Gasteiger charge is 2.43. The van der Waals surface area contributed by atoms with E-state index in [1.807, 2.05) is 20.2 Å². The fraction of sp³-hybridized carbons (Fsp3) is 0.478. The second kappa shape index (κ2) is 8.32. The molecule has 1 saturated carbocycles. The molecule has 2 aromatic carbocycles. The van der Waals surface area contributed by atoms with Gasteiger partial charge in [0.15, 0.2) is 0 Å². The number of aliphatic hydroxyl groups is 1. The largest absolute Gasteiger partial charge is 0.385 e. The van der Waals surface area contributed by atoms with Crippen LogP contribution in [0.5, 0.6) is 0 Å². The molecule has 140 valence electrons. The minimum atomic E-state index is -0.935. The predicted molar refractivity (Wildman–Crippen MR) is 104 cm³/mol. The molecule has 1 fully saturated rings. The van der Waals surface area contributed by atoms with Crippen molar-refractivity contribution in [2.45, 2.75) is 37.7 Å². The van der Waals surface area contributed by atoms with E-state index in [1.54, 1.807) is 6.07 Å². The minimum Gasteiger partial charge on any atom is -0.385 e. The number of rotatable bonds is 6. The molecule has 2 aromatic rings. The van der Waals surface area contributed by atoms with Crippen LogP contribution in [0.2, 0.25) is 0 Å². The molecular formula is C23H30FNO. The smallest absolute Gasteiger partial charge is 0.123 e. The van der Waals surface area contributed by atoms with E-state index in [1.165, 1.54) is 17.7 Å². The molecule has 0 bridgehead atoms. The van der Waals surface area contributed by atoms with Crippen LogP contribution in [0.15, 0.2) is 54.6 Å². The van der Waals surface area contributed by atoms with E-state index in [0.717, 1.165) is 37.8 Å². The highest BCUT2D eigenvalue weighted by atomic mass is 19.1. The van der Waals surface area contributed by atoms with Crippen molar-refractivity contribution in [3.05, 3.63) is 71.5 Å². The van der Waals surface area contributed by atoms with Crippen LogP contribution in [-0.4, -0.2) is 30.6 Å². The number of hydrogen-bond acceptors (Lipinski definition) is 2. The van der Waals surface area contributed by atoms with Crippen LogP contribution < -0.4 is 0 Å². The van der Waals surface area contributed by atoms with Crippen molar-refractivity contribution in [2.24, 2.45) is 11.8 Å². The van der Waals surface area contributed by atoms with Crippen molar-refractivity contribution in [3.63, 3.8) is 0 Å². The molecule has 3 atom stereocenters. The SMILES string of the molecule is CN(C)CC1CC(CCc2ccccc2)CCC1(O)c1cccc(F)c1. The molecule has 0 saturated heterocycles. The zero-order valence-corrected chi connectivity index (χ0v) is 15.9. The third kappa shape index (κ3) is 4.52. The van der Waals surface area contributed by atoms with Gasteiger partial charge in [0.2, 0.25) is 0 Å². The van der Waals surface area contributed by atoms with Crippen LogP contribution >= 0.6 is 0 Å². The van der Waals surface area contributed by atoms with Gasteiger partial charge >= 0.3 is 0 Å². The van der Waals surface area contributed by atoms with Crippen LogP contribution in [0.4, 0.5) is 4.39 Å². The molecule has 2 nitrogen and oxygen atoms in total. The summed E-state index contributed by atoms with van der Waals surface area (Å²) in [4.78, 5) is 2.13. The molecule has 26 heavy (non-hydrogen) atoms. The van der Waals surface area contributed by atoms with E-state index in [-0.39, 0.29) is 11.7 Å². The Morgan fingerprint density at radius 1 is 1.12 bits per heavy atom. The quantitative estimate of drug-likeness (QED) is 0.817. The standard InChI is InChI=1S/C23H30FNO/c1-25(2)17-21-15-19(12-11-18-7-4-3-5-8-18)13-14-23(21,26)20-9-6-10-22(24)16-20/h3-10,16,19,21,26H,11-15,17H2,1-2H3. The normalized spacial score (nSPS) is 26.2. The molecule has 3 heteroatoms. The lowest BCUT2D eigenvalue weighted by molar-refractivity contribution is -0.0762. The van der Waals surface area contributed by atoms with Gasteiger partial charge < -0.3 is 10.0 Å². The maximum absolute atomic E-state index is 13.7. The lowest BCUT2D eigenvalue weighted by Crippen LogP contribution is -2.45. The van der Waals surface area contributed by atoms with Crippen molar-refractivity contribution in [1.82, 2.24) is 4.90 Å². The summed E-state index contributed by atoms with van der Waals surface area (Å²) in [6.07, 6.45) is 4.90. The monoisotopic (exact) mass is 355 g/mol. The highest BCUT2D eigenvalue weighted by Crippen LogP contribution is 2.45. The zero-order valence-electron chi connectivity index (χ0n) is 15.9. The molecule has 0 aliphatic heterocycles. The minimum absolute atomic E-state index is 0.119. The van der Waals surface area contributed by atoms with Gasteiger partial charge in [-0.05, 0) is 75.4 Å². The maximum atomic E-state index is 13.7. The Hall–Kier alpha value is -1.71. The van der Waals surface area contributed by atoms with Gasteiger partial charge in [-0.3, -0.25) is 0 Å². The van der Waals surface area contributed by atoms with Crippen LogP contribution in [0, 0.1) is 17.7 Å². The van der Waals surface area contributed by atoms with E-state index >= 15 is 0 Å². The average Bonchev–Trinajstić information content (AvgIpc) is 2.63. The molecule has 0 aromatic heterocycles. The summed E-state index contributed by atoms with van der Waals surface area (Å²) in [5.74, 6) is 0.452. The van der Waals surface area contributed by atoms with E-state index in [0.29, 0.717) is 12.3 Å². The van der Waals surface area contributed by atoms with Gasteiger partial charge in [0.1, 0.15) is 5.82 Å². The summed E-state index contributed by atoms with van der Waals surface area (Å²) in [5, 5.41) is 11.5. The van der Waals surface area contributed by atoms with Crippen molar-refractivity contribution in [3.8, 4) is 0 Å². The molecule has 0 heterocycles. The Morgan fingerprint density at radius 3 is 2.58 bits per heavy atom. The number of halogens is 1. The second-order valence-corrected chi connectivity index (χ2v) is 8.06. The molecule has 1 aliphatic rings. The van der Waals surface area contributed by atoms with Gasteiger partial charge in [0.05, 0.1) is 5.60 Å². The molecule has 3 rings (SSSR count). The lowest BCUT2D eigenvalue weighted by atomic mass is 9.66. The zero-order chi connectivity index (χ0) is 18.6. The van der Waals surface area contributed by atoms with Gasteiger partial charge in [-0.1, -0.05) is 42.5 Å². The Morgan fingerprint density at radius 2 is 1.88 bits per heavy atom. The number of hydrogen-bond donors (Lipinski definition) is 1. The summed E-state index contributed by atoms with van der Waals surface area (Å²) in [6, 6.07) is 17.1. The first-order valence-corrected chi connectivity index (χ1v) is 9.64. The van der Waals surface area contributed by atoms with E-state index in [9.17, 15) is 9.50 Å². The number of nitrogens with zero attached hydrogens (tertiary/aromatic N) is 1. The van der Waals surface area contributed by atoms with Gasteiger partial charge in [-0.2, -0.15) is 0 Å². The fourth-order valence-electron chi connectivity index (χ4n) is 4.43. The van der Waals surface area contributed by atoms with E-state index < -0.39 is 5.60 Å². The predicted octanol–water partition coefficient (Wildman–Crippen LogP) is 4.62. The van der Waals surface area contributed by atoms with E-state index in [4.69, 9.17) is 0 Å². The third-order valence-electron chi connectivity index (χ3n) is 5.82. The van der Waals surface area contributed by atoms with Crippen LogP contribution in [-0.2, 0) is 12.0 Å².